The number of ether oxygens (including phenoxy) is 3. The summed E-state index contributed by atoms with van der Waals surface area (Å²) in [6.45, 7) is 8.75. The molecule has 2 aliphatic carbocycles. The number of aromatic nitrogens is 1. The summed E-state index contributed by atoms with van der Waals surface area (Å²) in [4.78, 5) is 66.6. The Hall–Kier alpha value is -5.13. The van der Waals surface area contributed by atoms with Crippen LogP contribution in [0.1, 0.15) is 98.8 Å². The molecule has 326 valence electrons. The van der Waals surface area contributed by atoms with Crippen LogP contribution in [0, 0.1) is 17.1 Å². The molecule has 0 bridgehead atoms. The molecule has 16 nitrogen and oxygen atoms in total. The van der Waals surface area contributed by atoms with Crippen molar-refractivity contribution in [2.45, 2.75) is 139 Å². The van der Waals surface area contributed by atoms with E-state index in [9.17, 15) is 32.0 Å². The van der Waals surface area contributed by atoms with Crippen molar-refractivity contribution >= 4 is 56.5 Å². The van der Waals surface area contributed by atoms with Gasteiger partial charge < -0.3 is 29.7 Å². The number of carbonyl (C=O) groups excluding carboxylic acids is 4. The van der Waals surface area contributed by atoms with Gasteiger partial charge in [0.25, 0.3) is 11.8 Å². The quantitative estimate of drug-likeness (QED) is 0.166. The van der Waals surface area contributed by atoms with Crippen LogP contribution < -0.4 is 29.6 Å². The molecule has 2 aromatic rings. The predicted molar refractivity (Wildman–Crippen MR) is 222 cm³/mol. The summed E-state index contributed by atoms with van der Waals surface area (Å²) in [6, 6.07) is 1.85. The van der Waals surface area contributed by atoms with Crippen LogP contribution in [0.4, 0.5) is 4.39 Å². The summed E-state index contributed by atoms with van der Waals surface area (Å²) in [5.41, 5.74) is -1.75. The van der Waals surface area contributed by atoms with E-state index in [2.05, 4.69) is 25.3 Å². The number of fused-ring (bicyclic) bond motifs is 3. The van der Waals surface area contributed by atoms with Gasteiger partial charge in [-0.2, -0.15) is 0 Å². The van der Waals surface area contributed by atoms with Gasteiger partial charge in [-0.1, -0.05) is 25.0 Å². The number of nitrogens with zero attached hydrogens (tertiary/aromatic N) is 3. The lowest BCUT2D eigenvalue weighted by Crippen LogP contribution is -2.58. The van der Waals surface area contributed by atoms with Crippen LogP contribution in [0.25, 0.3) is 10.9 Å². The summed E-state index contributed by atoms with van der Waals surface area (Å²) in [5.74, 6) is -3.84. The SMILES string of the molecule is COc1c(F)ccc2c(OC3CC4C(=O)NC5(C(=O)NS(=O)(=O)C6(C)CC6)CC5C=CCCCCCC(NC(=O)C(=N)CC=NC(C)C)C(=O)N4C3)cc(OC(C)C)nc12. The molecule has 18 heteroatoms. The van der Waals surface area contributed by atoms with E-state index in [0.717, 1.165) is 6.42 Å². The van der Waals surface area contributed by atoms with Crippen molar-refractivity contribution in [3.05, 3.63) is 36.2 Å². The van der Waals surface area contributed by atoms with Crippen molar-refractivity contribution in [1.29, 1.82) is 5.41 Å². The number of pyridine rings is 1. The molecule has 4 aliphatic rings. The average molecular weight is 854 g/mol. The van der Waals surface area contributed by atoms with Crippen molar-refractivity contribution in [3.8, 4) is 17.4 Å². The zero-order valence-corrected chi connectivity index (χ0v) is 35.8. The average Bonchev–Trinajstić information content (AvgIpc) is 4.06. The Labute approximate surface area is 350 Å². The monoisotopic (exact) mass is 853 g/mol. The molecular formula is C42H56FN7O9S. The van der Waals surface area contributed by atoms with E-state index >= 15 is 0 Å². The molecule has 0 radical (unpaired) electrons. The third-order valence-corrected chi connectivity index (χ3v) is 13.6. The molecular weight excluding hydrogens is 798 g/mol. The summed E-state index contributed by atoms with van der Waals surface area (Å²) in [5, 5.41) is 14.4. The molecule has 3 heterocycles. The maximum atomic E-state index is 14.9. The number of nitrogens with one attached hydrogen (secondary N) is 4. The molecule has 3 fully saturated rings. The van der Waals surface area contributed by atoms with Gasteiger partial charge in [0.2, 0.25) is 27.7 Å². The molecule has 0 spiro atoms. The molecule has 2 saturated carbocycles. The molecule has 6 rings (SSSR count). The van der Waals surface area contributed by atoms with E-state index < -0.39 is 73.9 Å². The van der Waals surface area contributed by atoms with Crippen molar-refractivity contribution in [1.82, 2.24) is 25.2 Å². The lowest BCUT2D eigenvalue weighted by Gasteiger charge is -2.30. The fraction of sp³-hybridized carbons (Fsp3) is 0.595. The zero-order valence-electron chi connectivity index (χ0n) is 35.0. The summed E-state index contributed by atoms with van der Waals surface area (Å²) >= 11 is 0. The van der Waals surface area contributed by atoms with Crippen molar-refractivity contribution < 1.29 is 46.2 Å². The van der Waals surface area contributed by atoms with E-state index in [1.807, 2.05) is 26.0 Å². The molecule has 5 atom stereocenters. The maximum Gasteiger partial charge on any atom is 0.265 e. The van der Waals surface area contributed by atoms with Crippen LogP contribution in [0.3, 0.4) is 0 Å². The van der Waals surface area contributed by atoms with Crippen molar-refractivity contribution in [3.63, 3.8) is 0 Å². The number of sulfonamides is 1. The zero-order chi connectivity index (χ0) is 43.6. The van der Waals surface area contributed by atoms with Gasteiger partial charge in [0.15, 0.2) is 11.6 Å². The second-order valence-corrected chi connectivity index (χ2v) is 19.1. The Bertz CT molecular complexity index is 2190. The minimum Gasteiger partial charge on any atom is -0.491 e. The fourth-order valence-electron chi connectivity index (χ4n) is 7.60. The number of methoxy groups -OCH3 is 1. The largest absolute Gasteiger partial charge is 0.491 e. The lowest BCUT2D eigenvalue weighted by molar-refractivity contribution is -0.142. The molecule has 2 aliphatic heterocycles. The minimum atomic E-state index is -4.05. The van der Waals surface area contributed by atoms with Crippen molar-refractivity contribution in [2.24, 2.45) is 10.9 Å². The van der Waals surface area contributed by atoms with Crippen molar-refractivity contribution in [2.75, 3.05) is 13.7 Å². The first kappa shape index (κ1) is 44.4. The highest BCUT2D eigenvalue weighted by molar-refractivity contribution is 7.91. The van der Waals surface area contributed by atoms with Crippen LogP contribution >= 0.6 is 0 Å². The van der Waals surface area contributed by atoms with Crippen LogP contribution in [-0.4, -0.2) is 108 Å². The number of benzene rings is 1. The summed E-state index contributed by atoms with van der Waals surface area (Å²) in [6.07, 6.45) is 7.75. The molecule has 4 amide bonds. The Morgan fingerprint density at radius 1 is 1.17 bits per heavy atom. The number of carbonyl (C=O) groups is 4. The second-order valence-electron chi connectivity index (χ2n) is 16.9. The van der Waals surface area contributed by atoms with Gasteiger partial charge in [0.05, 0.1) is 24.5 Å². The van der Waals surface area contributed by atoms with Gasteiger partial charge >= 0.3 is 0 Å². The number of halogens is 1. The Kier molecular flexibility index (Phi) is 13.2. The van der Waals surface area contributed by atoms with Gasteiger partial charge in [-0.05, 0) is 85.3 Å². The number of amides is 4. The van der Waals surface area contributed by atoms with Gasteiger partial charge in [-0.25, -0.2) is 17.8 Å². The first-order valence-corrected chi connectivity index (χ1v) is 22.1. The van der Waals surface area contributed by atoms with E-state index in [1.165, 1.54) is 36.4 Å². The second kappa shape index (κ2) is 17.8. The molecule has 4 N–H and O–H groups in total. The topological polar surface area (TPSA) is 219 Å². The van der Waals surface area contributed by atoms with Crippen LogP contribution in [0.15, 0.2) is 35.3 Å². The molecule has 1 aromatic heterocycles. The number of hydrogen-bond donors (Lipinski definition) is 4. The van der Waals surface area contributed by atoms with Gasteiger partial charge in [0.1, 0.15) is 40.7 Å². The summed E-state index contributed by atoms with van der Waals surface area (Å²) in [7, 11) is -2.73. The third-order valence-electron chi connectivity index (χ3n) is 11.4. The fourth-order valence-corrected chi connectivity index (χ4v) is 8.91. The van der Waals surface area contributed by atoms with E-state index in [1.54, 1.807) is 20.8 Å². The third kappa shape index (κ3) is 9.74. The molecule has 1 saturated heterocycles. The smallest absolute Gasteiger partial charge is 0.265 e. The minimum absolute atomic E-state index is 0.0286. The van der Waals surface area contributed by atoms with Crippen LogP contribution in [-0.2, 0) is 29.2 Å². The lowest BCUT2D eigenvalue weighted by atomic mass is 10.0. The predicted octanol–water partition coefficient (Wildman–Crippen LogP) is 4.29. The number of rotatable bonds is 13. The maximum absolute atomic E-state index is 14.9. The van der Waals surface area contributed by atoms with E-state index in [-0.39, 0.29) is 73.0 Å². The number of aliphatic imine (C=N–C) groups is 1. The van der Waals surface area contributed by atoms with E-state index in [0.29, 0.717) is 37.5 Å². The normalized spacial score (nSPS) is 25.5. The highest BCUT2D eigenvalue weighted by Crippen LogP contribution is 2.48. The highest BCUT2D eigenvalue weighted by Gasteiger charge is 2.63. The van der Waals surface area contributed by atoms with Crippen LogP contribution in [0.5, 0.6) is 17.4 Å². The highest BCUT2D eigenvalue weighted by atomic mass is 32.2. The number of allylic oxidation sites excluding steroid dienone is 1. The van der Waals surface area contributed by atoms with Gasteiger partial charge in [-0.15, -0.1) is 0 Å². The summed E-state index contributed by atoms with van der Waals surface area (Å²) < 4.78 is 60.3. The van der Waals surface area contributed by atoms with E-state index in [4.69, 9.17) is 19.6 Å². The number of hydrogen-bond acceptors (Lipinski definition) is 12. The standard InChI is InChI=1S/C42H56FN7O9S/c1-24(2)45-19-16-30(44)37(51)46-31-13-11-9-7-8-10-12-26-22-42(26,40(54)49-60(55,56)41(5)17-18-41)48-38(52)32-20-27(23-50(32)39(31)53)59-33-21-34(58-25(3)4)47-35-28(33)14-15-29(43)36(35)57-6/h10,12,14-15,19,21,24-27,31-32,44H,7-9,11,13,16-18,20,22-23H2,1-6H3,(H,46,51)(H,48,52)(H,49,54). The Morgan fingerprint density at radius 2 is 1.92 bits per heavy atom. The Balaban J connectivity index is 1.35. The van der Waals surface area contributed by atoms with Crippen LogP contribution in [0.2, 0.25) is 0 Å². The molecule has 5 unspecified atom stereocenters. The Morgan fingerprint density at radius 3 is 2.60 bits per heavy atom. The first-order chi connectivity index (χ1) is 28.4. The van der Waals surface area contributed by atoms with Gasteiger partial charge in [0, 0.05) is 42.5 Å². The molecule has 60 heavy (non-hydrogen) atoms. The first-order valence-electron chi connectivity index (χ1n) is 20.6. The molecule has 1 aromatic carbocycles. The van der Waals surface area contributed by atoms with Gasteiger partial charge in [-0.3, -0.25) is 34.3 Å².